The summed E-state index contributed by atoms with van der Waals surface area (Å²) < 4.78 is 5.33. The predicted octanol–water partition coefficient (Wildman–Crippen LogP) is 1.41. The third kappa shape index (κ3) is 2.46. The second kappa shape index (κ2) is 4.07. The third-order valence-electron chi connectivity index (χ3n) is 2.53. The number of hydrogen-bond donors (Lipinski definition) is 1. The van der Waals surface area contributed by atoms with Gasteiger partial charge in [0.05, 0.1) is 6.10 Å². The maximum Gasteiger partial charge on any atom is 0.0598 e. The Bertz CT molecular complexity index is 114. The van der Waals surface area contributed by atoms with E-state index in [4.69, 9.17) is 4.74 Å². The van der Waals surface area contributed by atoms with E-state index in [1.165, 1.54) is 12.8 Å². The van der Waals surface area contributed by atoms with E-state index in [2.05, 4.69) is 19.2 Å². The maximum absolute atomic E-state index is 5.33. The van der Waals surface area contributed by atoms with E-state index in [9.17, 15) is 0 Å². The van der Waals surface area contributed by atoms with Gasteiger partial charge in [0.2, 0.25) is 0 Å². The standard InChI is InChI=1S/C9H19NO/c1-7(2)9-6-8(11-3)4-5-10-9/h7-10H,4-6H2,1-3H3. The van der Waals surface area contributed by atoms with Gasteiger partial charge in [0.15, 0.2) is 0 Å². The molecular formula is C9H19NO. The Morgan fingerprint density at radius 2 is 2.18 bits per heavy atom. The van der Waals surface area contributed by atoms with Gasteiger partial charge in [0.1, 0.15) is 0 Å². The zero-order valence-electron chi connectivity index (χ0n) is 7.76. The van der Waals surface area contributed by atoms with Crippen LogP contribution < -0.4 is 5.32 Å². The highest BCUT2D eigenvalue weighted by Gasteiger charge is 2.22. The fourth-order valence-electron chi connectivity index (χ4n) is 1.64. The maximum atomic E-state index is 5.33. The topological polar surface area (TPSA) is 21.3 Å². The quantitative estimate of drug-likeness (QED) is 0.654. The molecule has 1 saturated heterocycles. The van der Waals surface area contributed by atoms with Crippen LogP contribution >= 0.6 is 0 Å². The van der Waals surface area contributed by atoms with Crippen molar-refractivity contribution < 1.29 is 4.74 Å². The molecule has 0 aromatic heterocycles. The Balaban J connectivity index is 2.33. The lowest BCUT2D eigenvalue weighted by Crippen LogP contribution is -2.43. The fourth-order valence-corrected chi connectivity index (χ4v) is 1.64. The summed E-state index contributed by atoms with van der Waals surface area (Å²) in [5.41, 5.74) is 0. The summed E-state index contributed by atoms with van der Waals surface area (Å²) in [7, 11) is 1.81. The second-order valence-electron chi connectivity index (χ2n) is 3.69. The Kier molecular flexibility index (Phi) is 3.34. The van der Waals surface area contributed by atoms with E-state index in [0.717, 1.165) is 12.5 Å². The van der Waals surface area contributed by atoms with E-state index in [1.54, 1.807) is 0 Å². The first kappa shape index (κ1) is 9.01. The first-order valence-electron chi connectivity index (χ1n) is 4.50. The largest absolute Gasteiger partial charge is 0.381 e. The van der Waals surface area contributed by atoms with Crippen LogP contribution in [0.25, 0.3) is 0 Å². The minimum absolute atomic E-state index is 0.489. The molecule has 1 aliphatic rings. The highest BCUT2D eigenvalue weighted by atomic mass is 16.5. The van der Waals surface area contributed by atoms with Crippen LogP contribution in [-0.4, -0.2) is 25.8 Å². The van der Waals surface area contributed by atoms with Gasteiger partial charge in [-0.15, -0.1) is 0 Å². The molecule has 1 N–H and O–H groups in total. The lowest BCUT2D eigenvalue weighted by molar-refractivity contribution is 0.0547. The molecule has 0 saturated carbocycles. The van der Waals surface area contributed by atoms with Crippen LogP contribution in [0.5, 0.6) is 0 Å². The van der Waals surface area contributed by atoms with Crippen molar-refractivity contribution in [1.82, 2.24) is 5.32 Å². The molecule has 0 radical (unpaired) electrons. The molecule has 11 heavy (non-hydrogen) atoms. The van der Waals surface area contributed by atoms with E-state index in [-0.39, 0.29) is 0 Å². The Hall–Kier alpha value is -0.0800. The zero-order chi connectivity index (χ0) is 8.27. The first-order chi connectivity index (χ1) is 5.24. The van der Waals surface area contributed by atoms with Gasteiger partial charge in [-0.05, 0) is 25.3 Å². The molecule has 2 nitrogen and oxygen atoms in total. The Labute approximate surface area is 69.3 Å². The fraction of sp³-hybridized carbons (Fsp3) is 1.00. The van der Waals surface area contributed by atoms with Crippen molar-refractivity contribution in [3.05, 3.63) is 0 Å². The molecule has 1 aliphatic heterocycles. The number of nitrogens with one attached hydrogen (secondary N) is 1. The zero-order valence-corrected chi connectivity index (χ0v) is 7.76. The molecule has 0 amide bonds. The van der Waals surface area contributed by atoms with Crippen LogP contribution in [0.4, 0.5) is 0 Å². The summed E-state index contributed by atoms with van der Waals surface area (Å²) in [5.74, 6) is 0.730. The van der Waals surface area contributed by atoms with Crippen molar-refractivity contribution >= 4 is 0 Å². The summed E-state index contributed by atoms with van der Waals surface area (Å²) in [4.78, 5) is 0. The lowest BCUT2D eigenvalue weighted by atomic mass is 9.93. The van der Waals surface area contributed by atoms with Gasteiger partial charge in [-0.25, -0.2) is 0 Å². The molecule has 0 spiro atoms. The van der Waals surface area contributed by atoms with Gasteiger partial charge in [0.25, 0.3) is 0 Å². The molecule has 2 atom stereocenters. The van der Waals surface area contributed by atoms with Crippen molar-refractivity contribution in [2.75, 3.05) is 13.7 Å². The van der Waals surface area contributed by atoms with Gasteiger partial charge < -0.3 is 10.1 Å². The summed E-state index contributed by atoms with van der Waals surface area (Å²) in [6.07, 6.45) is 2.83. The Morgan fingerprint density at radius 1 is 1.45 bits per heavy atom. The van der Waals surface area contributed by atoms with Crippen LogP contribution in [0.1, 0.15) is 26.7 Å². The molecule has 2 heteroatoms. The van der Waals surface area contributed by atoms with E-state index >= 15 is 0 Å². The number of rotatable bonds is 2. The summed E-state index contributed by atoms with van der Waals surface area (Å²) >= 11 is 0. The Morgan fingerprint density at radius 3 is 2.73 bits per heavy atom. The summed E-state index contributed by atoms with van der Waals surface area (Å²) in [6.45, 7) is 5.63. The highest BCUT2D eigenvalue weighted by Crippen LogP contribution is 2.16. The van der Waals surface area contributed by atoms with Crippen molar-refractivity contribution in [3.8, 4) is 0 Å². The molecule has 0 aromatic carbocycles. The molecule has 0 aliphatic carbocycles. The average Bonchev–Trinajstić information content (AvgIpc) is 2.05. The second-order valence-corrected chi connectivity index (χ2v) is 3.69. The van der Waals surface area contributed by atoms with Crippen LogP contribution in [0.3, 0.4) is 0 Å². The van der Waals surface area contributed by atoms with Crippen molar-refractivity contribution in [2.45, 2.75) is 38.8 Å². The first-order valence-corrected chi connectivity index (χ1v) is 4.50. The van der Waals surface area contributed by atoms with Crippen molar-refractivity contribution in [3.63, 3.8) is 0 Å². The van der Waals surface area contributed by atoms with Gasteiger partial charge >= 0.3 is 0 Å². The molecule has 0 aromatic rings. The van der Waals surface area contributed by atoms with Gasteiger partial charge in [0, 0.05) is 13.2 Å². The number of piperidine rings is 1. The molecule has 1 heterocycles. The minimum atomic E-state index is 0.489. The molecule has 1 rings (SSSR count). The monoisotopic (exact) mass is 157 g/mol. The van der Waals surface area contributed by atoms with Crippen LogP contribution in [0.15, 0.2) is 0 Å². The molecule has 2 unspecified atom stereocenters. The van der Waals surface area contributed by atoms with Crippen molar-refractivity contribution in [1.29, 1.82) is 0 Å². The normalized spacial score (nSPS) is 32.7. The van der Waals surface area contributed by atoms with Gasteiger partial charge in [-0.3, -0.25) is 0 Å². The average molecular weight is 157 g/mol. The van der Waals surface area contributed by atoms with Crippen LogP contribution in [0.2, 0.25) is 0 Å². The van der Waals surface area contributed by atoms with E-state index in [1.807, 2.05) is 7.11 Å². The molecule has 1 fully saturated rings. The lowest BCUT2D eigenvalue weighted by Gasteiger charge is -2.31. The van der Waals surface area contributed by atoms with E-state index < -0.39 is 0 Å². The van der Waals surface area contributed by atoms with Crippen LogP contribution in [-0.2, 0) is 4.74 Å². The van der Waals surface area contributed by atoms with Crippen molar-refractivity contribution in [2.24, 2.45) is 5.92 Å². The number of methoxy groups -OCH3 is 1. The molecular weight excluding hydrogens is 138 g/mol. The van der Waals surface area contributed by atoms with Crippen LogP contribution in [0, 0.1) is 5.92 Å². The van der Waals surface area contributed by atoms with Gasteiger partial charge in [-0.1, -0.05) is 13.8 Å². The summed E-state index contributed by atoms with van der Waals surface area (Å²) in [6, 6.07) is 0.661. The third-order valence-corrected chi connectivity index (χ3v) is 2.53. The molecule has 0 bridgehead atoms. The summed E-state index contributed by atoms with van der Waals surface area (Å²) in [5, 5.41) is 3.50. The molecule has 66 valence electrons. The van der Waals surface area contributed by atoms with Gasteiger partial charge in [-0.2, -0.15) is 0 Å². The minimum Gasteiger partial charge on any atom is -0.381 e. The SMILES string of the molecule is COC1CCNC(C(C)C)C1. The predicted molar refractivity (Wildman–Crippen MR) is 46.7 cm³/mol. The number of ether oxygens (including phenoxy) is 1. The van der Waals surface area contributed by atoms with E-state index in [0.29, 0.717) is 12.1 Å². The smallest absolute Gasteiger partial charge is 0.0598 e. The number of hydrogen-bond acceptors (Lipinski definition) is 2. The highest BCUT2D eigenvalue weighted by molar-refractivity contribution is 4.80.